The Labute approximate surface area is 120 Å². The summed E-state index contributed by atoms with van der Waals surface area (Å²) >= 11 is 3.45. The van der Waals surface area contributed by atoms with Gasteiger partial charge in [-0.2, -0.15) is 0 Å². The van der Waals surface area contributed by atoms with Gasteiger partial charge in [0.15, 0.2) is 5.82 Å². The van der Waals surface area contributed by atoms with Gasteiger partial charge in [0, 0.05) is 22.3 Å². The fourth-order valence-electron chi connectivity index (χ4n) is 2.36. The normalized spacial score (nSPS) is 16.5. The van der Waals surface area contributed by atoms with Crippen LogP contribution >= 0.6 is 15.9 Å². The molecule has 1 aromatic heterocycles. The van der Waals surface area contributed by atoms with Crippen LogP contribution in [0.1, 0.15) is 19.8 Å². The molecule has 19 heavy (non-hydrogen) atoms. The van der Waals surface area contributed by atoms with Crippen molar-refractivity contribution in [2.45, 2.75) is 26.3 Å². The second-order valence-electron chi connectivity index (χ2n) is 5.27. The van der Waals surface area contributed by atoms with Crippen LogP contribution in [0.5, 0.6) is 0 Å². The lowest BCUT2D eigenvalue weighted by molar-refractivity contribution is 0.402. The molecule has 5 nitrogen and oxygen atoms in total. The molecule has 1 aliphatic carbocycles. The molecule has 1 fully saturated rings. The van der Waals surface area contributed by atoms with Crippen LogP contribution in [-0.4, -0.2) is 20.2 Å². The predicted octanol–water partition coefficient (Wildman–Crippen LogP) is 2.73. The number of nitrogens with zero attached hydrogens (tertiary/aromatic N) is 4. The average molecular weight is 322 g/mol. The first-order chi connectivity index (χ1) is 9.13. The molecular formula is C13H16BrN5. The zero-order valence-electron chi connectivity index (χ0n) is 10.8. The predicted molar refractivity (Wildman–Crippen MR) is 77.3 cm³/mol. The fraction of sp³-hybridized carbons (Fsp3) is 0.462. The molecule has 2 aromatic rings. The van der Waals surface area contributed by atoms with E-state index in [0.717, 1.165) is 28.3 Å². The Morgan fingerprint density at radius 2 is 2.21 bits per heavy atom. The van der Waals surface area contributed by atoms with Gasteiger partial charge in [-0.15, -0.1) is 5.10 Å². The maximum Gasteiger partial charge on any atom is 0.182 e. The van der Waals surface area contributed by atoms with Gasteiger partial charge in [0.2, 0.25) is 0 Å². The van der Waals surface area contributed by atoms with Crippen LogP contribution in [0.3, 0.4) is 0 Å². The molecule has 1 aliphatic rings. The molecule has 1 saturated carbocycles. The van der Waals surface area contributed by atoms with Crippen molar-refractivity contribution in [3.8, 4) is 11.4 Å². The molecule has 100 valence electrons. The van der Waals surface area contributed by atoms with Gasteiger partial charge in [-0.3, -0.25) is 0 Å². The van der Waals surface area contributed by atoms with E-state index in [1.807, 2.05) is 22.9 Å². The molecule has 1 atom stereocenters. The highest BCUT2D eigenvalue weighted by molar-refractivity contribution is 9.10. The van der Waals surface area contributed by atoms with E-state index in [9.17, 15) is 0 Å². The topological polar surface area (TPSA) is 69.6 Å². The van der Waals surface area contributed by atoms with Gasteiger partial charge in [0.25, 0.3) is 0 Å². The highest BCUT2D eigenvalue weighted by atomic mass is 79.9. The number of halogens is 1. The summed E-state index contributed by atoms with van der Waals surface area (Å²) in [6.45, 7) is 3.12. The van der Waals surface area contributed by atoms with Crippen molar-refractivity contribution in [1.29, 1.82) is 0 Å². The molecule has 0 aliphatic heterocycles. The number of nitrogen functional groups attached to an aromatic ring is 1. The van der Waals surface area contributed by atoms with Gasteiger partial charge in [0.05, 0.1) is 0 Å². The summed E-state index contributed by atoms with van der Waals surface area (Å²) in [5.41, 5.74) is 7.51. The van der Waals surface area contributed by atoms with E-state index in [1.165, 1.54) is 12.8 Å². The lowest BCUT2D eigenvalue weighted by Gasteiger charge is -2.11. The monoisotopic (exact) mass is 321 g/mol. The number of nitrogens with two attached hydrogens (primary N) is 1. The summed E-state index contributed by atoms with van der Waals surface area (Å²) in [4.78, 5) is 0. The highest BCUT2D eigenvalue weighted by Crippen LogP contribution is 2.37. The van der Waals surface area contributed by atoms with Crippen molar-refractivity contribution in [2.75, 3.05) is 5.73 Å². The Bertz CT molecular complexity index is 570. The van der Waals surface area contributed by atoms with E-state index in [-0.39, 0.29) is 0 Å². The summed E-state index contributed by atoms with van der Waals surface area (Å²) in [6.07, 6.45) is 2.67. The molecule has 2 N–H and O–H groups in total. The van der Waals surface area contributed by atoms with Gasteiger partial charge >= 0.3 is 0 Å². The summed E-state index contributed by atoms with van der Waals surface area (Å²) in [7, 11) is 0. The zero-order valence-corrected chi connectivity index (χ0v) is 12.3. The lowest BCUT2D eigenvalue weighted by atomic mass is 10.1. The number of rotatable bonds is 4. The summed E-state index contributed by atoms with van der Waals surface area (Å²) in [5.74, 6) is 2.23. The van der Waals surface area contributed by atoms with Gasteiger partial charge in [-0.25, -0.2) is 4.68 Å². The number of hydrogen-bond acceptors (Lipinski definition) is 4. The molecule has 1 unspecified atom stereocenters. The zero-order chi connectivity index (χ0) is 13.4. The minimum absolute atomic E-state index is 0.617. The fourth-order valence-corrected chi connectivity index (χ4v) is 2.87. The first-order valence-corrected chi connectivity index (χ1v) is 7.25. The first kappa shape index (κ1) is 12.6. The molecule has 1 aromatic carbocycles. The van der Waals surface area contributed by atoms with E-state index < -0.39 is 0 Å². The number of tetrazole rings is 1. The Hall–Kier alpha value is -1.43. The maximum atomic E-state index is 5.87. The van der Waals surface area contributed by atoms with E-state index in [0.29, 0.717) is 11.6 Å². The van der Waals surface area contributed by atoms with Crippen molar-refractivity contribution in [3.63, 3.8) is 0 Å². The molecule has 0 amide bonds. The lowest BCUT2D eigenvalue weighted by Crippen LogP contribution is -2.12. The third-order valence-corrected chi connectivity index (χ3v) is 4.06. The van der Waals surface area contributed by atoms with Gasteiger partial charge < -0.3 is 5.73 Å². The van der Waals surface area contributed by atoms with E-state index in [4.69, 9.17) is 5.73 Å². The number of anilines is 1. The second-order valence-corrected chi connectivity index (χ2v) is 6.19. The van der Waals surface area contributed by atoms with Crippen LogP contribution in [-0.2, 0) is 6.54 Å². The van der Waals surface area contributed by atoms with Gasteiger partial charge in [-0.1, -0.05) is 22.9 Å². The van der Waals surface area contributed by atoms with Crippen LogP contribution in [0.25, 0.3) is 11.4 Å². The smallest absolute Gasteiger partial charge is 0.182 e. The maximum absolute atomic E-state index is 5.87. The molecule has 0 saturated heterocycles. The minimum atomic E-state index is 0.617. The van der Waals surface area contributed by atoms with Crippen LogP contribution < -0.4 is 5.73 Å². The van der Waals surface area contributed by atoms with Crippen molar-refractivity contribution in [2.24, 2.45) is 11.8 Å². The van der Waals surface area contributed by atoms with E-state index >= 15 is 0 Å². The largest absolute Gasteiger partial charge is 0.399 e. The van der Waals surface area contributed by atoms with Crippen molar-refractivity contribution in [1.82, 2.24) is 20.2 Å². The molecule has 3 rings (SSSR count). The molecule has 6 heteroatoms. The van der Waals surface area contributed by atoms with Crippen molar-refractivity contribution in [3.05, 3.63) is 22.7 Å². The number of aromatic nitrogens is 4. The third kappa shape index (κ3) is 2.78. The SMILES string of the molecule is CC(Cn1nnnc1-c1cc(N)cc(Br)c1)C1CC1. The third-order valence-electron chi connectivity index (χ3n) is 3.60. The van der Waals surface area contributed by atoms with Gasteiger partial charge in [-0.05, 0) is 53.3 Å². The summed E-state index contributed by atoms with van der Waals surface area (Å²) in [5, 5.41) is 12.0. The molecular weight excluding hydrogens is 306 g/mol. The number of hydrogen-bond donors (Lipinski definition) is 1. The molecule has 1 heterocycles. The van der Waals surface area contributed by atoms with Gasteiger partial charge in [0.1, 0.15) is 0 Å². The minimum Gasteiger partial charge on any atom is -0.399 e. The van der Waals surface area contributed by atoms with Crippen molar-refractivity contribution >= 4 is 21.6 Å². The van der Waals surface area contributed by atoms with Crippen LogP contribution in [0, 0.1) is 11.8 Å². The molecule has 0 bridgehead atoms. The van der Waals surface area contributed by atoms with Crippen molar-refractivity contribution < 1.29 is 0 Å². The average Bonchev–Trinajstić information content (AvgIpc) is 3.09. The Morgan fingerprint density at radius 3 is 2.89 bits per heavy atom. The summed E-state index contributed by atoms with van der Waals surface area (Å²) in [6, 6.07) is 5.75. The standard InChI is InChI=1S/C13H16BrN5/c1-8(9-2-3-9)7-19-13(16-17-18-19)10-4-11(14)6-12(15)5-10/h4-6,8-9H,2-3,7,15H2,1H3. The quantitative estimate of drug-likeness (QED) is 0.879. The molecule has 0 radical (unpaired) electrons. The molecule has 0 spiro atoms. The van der Waals surface area contributed by atoms with Crippen LogP contribution in [0.4, 0.5) is 5.69 Å². The second kappa shape index (κ2) is 4.92. The Kier molecular flexibility index (Phi) is 3.26. The first-order valence-electron chi connectivity index (χ1n) is 6.46. The van der Waals surface area contributed by atoms with E-state index in [2.05, 4.69) is 38.4 Å². The summed E-state index contributed by atoms with van der Waals surface area (Å²) < 4.78 is 2.82. The number of benzene rings is 1. The van der Waals surface area contributed by atoms with Crippen LogP contribution in [0.15, 0.2) is 22.7 Å². The Balaban J connectivity index is 1.89. The Morgan fingerprint density at radius 1 is 1.42 bits per heavy atom. The van der Waals surface area contributed by atoms with E-state index in [1.54, 1.807) is 0 Å². The highest BCUT2D eigenvalue weighted by Gasteiger charge is 2.29. The van der Waals surface area contributed by atoms with Crippen LogP contribution in [0.2, 0.25) is 0 Å².